The van der Waals surface area contributed by atoms with Crippen LogP contribution >= 0.6 is 27.3 Å². The Labute approximate surface area is 123 Å². The summed E-state index contributed by atoms with van der Waals surface area (Å²) in [5.41, 5.74) is 0. The molecular formula is C15H24BrNS. The normalized spacial score (nSPS) is 19.0. The Morgan fingerprint density at radius 1 is 1.33 bits per heavy atom. The SMILES string of the molecule is CNC(CCC1CCCCC1)Cc1ccc(Br)s1. The number of hydrogen-bond acceptors (Lipinski definition) is 2. The van der Waals surface area contributed by atoms with Crippen molar-refractivity contribution in [2.75, 3.05) is 7.05 Å². The lowest BCUT2D eigenvalue weighted by molar-refractivity contribution is 0.316. The summed E-state index contributed by atoms with van der Waals surface area (Å²) < 4.78 is 1.25. The van der Waals surface area contributed by atoms with Crippen LogP contribution in [-0.2, 0) is 6.42 Å². The van der Waals surface area contributed by atoms with Gasteiger partial charge in [0, 0.05) is 10.9 Å². The van der Waals surface area contributed by atoms with Crippen molar-refractivity contribution in [1.82, 2.24) is 5.32 Å². The number of thiophene rings is 1. The zero-order valence-corrected chi connectivity index (χ0v) is 13.7. The summed E-state index contributed by atoms with van der Waals surface area (Å²) in [4.78, 5) is 1.49. The molecule has 0 bridgehead atoms. The van der Waals surface area contributed by atoms with E-state index in [9.17, 15) is 0 Å². The van der Waals surface area contributed by atoms with E-state index in [1.54, 1.807) is 0 Å². The molecule has 1 aliphatic carbocycles. The highest BCUT2D eigenvalue weighted by molar-refractivity contribution is 9.11. The van der Waals surface area contributed by atoms with Crippen LogP contribution in [0.1, 0.15) is 49.8 Å². The molecule has 0 amide bonds. The molecule has 0 aliphatic heterocycles. The summed E-state index contributed by atoms with van der Waals surface area (Å²) in [6.07, 6.45) is 11.3. The maximum absolute atomic E-state index is 3.54. The van der Waals surface area contributed by atoms with E-state index in [2.05, 4.69) is 40.4 Å². The fraction of sp³-hybridized carbons (Fsp3) is 0.733. The van der Waals surface area contributed by atoms with Crippen LogP contribution in [0.25, 0.3) is 0 Å². The predicted octanol–water partition coefficient (Wildman–Crippen LogP) is 5.00. The molecule has 1 fully saturated rings. The summed E-state index contributed by atoms with van der Waals surface area (Å²) in [5, 5.41) is 3.49. The monoisotopic (exact) mass is 329 g/mol. The standard InChI is InChI=1S/C15H24BrNS/c1-17-13(11-14-9-10-15(16)18-14)8-7-12-5-3-2-4-6-12/h9-10,12-13,17H,2-8,11H2,1H3. The maximum atomic E-state index is 3.54. The average molecular weight is 330 g/mol. The van der Waals surface area contributed by atoms with E-state index in [4.69, 9.17) is 0 Å². The first-order valence-electron chi connectivity index (χ1n) is 7.19. The van der Waals surface area contributed by atoms with Crippen LogP contribution in [-0.4, -0.2) is 13.1 Å². The zero-order valence-electron chi connectivity index (χ0n) is 11.3. The van der Waals surface area contributed by atoms with Crippen molar-refractivity contribution < 1.29 is 0 Å². The van der Waals surface area contributed by atoms with Gasteiger partial charge in [-0.15, -0.1) is 11.3 Å². The van der Waals surface area contributed by atoms with Gasteiger partial charge >= 0.3 is 0 Å². The lowest BCUT2D eigenvalue weighted by Crippen LogP contribution is -2.28. The van der Waals surface area contributed by atoms with E-state index < -0.39 is 0 Å². The number of rotatable bonds is 6. The van der Waals surface area contributed by atoms with E-state index in [-0.39, 0.29) is 0 Å². The van der Waals surface area contributed by atoms with Gasteiger partial charge in [-0.25, -0.2) is 0 Å². The van der Waals surface area contributed by atoms with Crippen molar-refractivity contribution in [3.8, 4) is 0 Å². The minimum Gasteiger partial charge on any atom is -0.317 e. The molecule has 0 aromatic carbocycles. The first-order valence-corrected chi connectivity index (χ1v) is 8.80. The smallest absolute Gasteiger partial charge is 0.0701 e. The van der Waals surface area contributed by atoms with Crippen LogP contribution in [0.5, 0.6) is 0 Å². The third-order valence-corrected chi connectivity index (χ3v) is 5.78. The number of hydrogen-bond donors (Lipinski definition) is 1. The molecule has 102 valence electrons. The Morgan fingerprint density at radius 3 is 2.72 bits per heavy atom. The molecule has 18 heavy (non-hydrogen) atoms. The second kappa shape index (κ2) is 7.66. The Bertz CT molecular complexity index is 344. The molecule has 0 saturated heterocycles. The van der Waals surface area contributed by atoms with Crippen molar-refractivity contribution >= 4 is 27.3 Å². The minimum atomic E-state index is 0.650. The Balaban J connectivity index is 1.74. The van der Waals surface area contributed by atoms with Crippen molar-refractivity contribution in [3.05, 3.63) is 20.8 Å². The van der Waals surface area contributed by atoms with Crippen molar-refractivity contribution in [2.24, 2.45) is 5.92 Å². The highest BCUT2D eigenvalue weighted by Crippen LogP contribution is 2.29. The summed E-state index contributed by atoms with van der Waals surface area (Å²) >= 11 is 5.41. The summed E-state index contributed by atoms with van der Waals surface area (Å²) in [6, 6.07) is 5.06. The first-order chi connectivity index (χ1) is 8.78. The zero-order chi connectivity index (χ0) is 12.8. The molecule has 0 radical (unpaired) electrons. The fourth-order valence-corrected chi connectivity index (χ4v) is 4.53. The lowest BCUT2D eigenvalue weighted by Gasteiger charge is -2.24. The molecule has 1 heterocycles. The van der Waals surface area contributed by atoms with Gasteiger partial charge in [-0.3, -0.25) is 0 Å². The van der Waals surface area contributed by atoms with Gasteiger partial charge in [0.25, 0.3) is 0 Å². The minimum absolute atomic E-state index is 0.650. The van der Waals surface area contributed by atoms with Crippen molar-refractivity contribution in [3.63, 3.8) is 0 Å². The molecular weight excluding hydrogens is 306 g/mol. The van der Waals surface area contributed by atoms with Gasteiger partial charge in [0.2, 0.25) is 0 Å². The van der Waals surface area contributed by atoms with Crippen molar-refractivity contribution in [1.29, 1.82) is 0 Å². The molecule has 1 aromatic heterocycles. The van der Waals surface area contributed by atoms with E-state index in [0.717, 1.165) is 5.92 Å². The molecule has 1 aliphatic rings. The molecule has 2 rings (SSSR count). The molecule has 1 unspecified atom stereocenters. The van der Waals surface area contributed by atoms with Gasteiger partial charge in [0.05, 0.1) is 3.79 Å². The van der Waals surface area contributed by atoms with E-state index in [1.165, 1.54) is 60.0 Å². The van der Waals surface area contributed by atoms with Crippen LogP contribution in [0, 0.1) is 5.92 Å². The fourth-order valence-electron chi connectivity index (χ4n) is 2.97. The van der Waals surface area contributed by atoms with Crippen molar-refractivity contribution in [2.45, 2.75) is 57.4 Å². The van der Waals surface area contributed by atoms with Crippen LogP contribution in [0.3, 0.4) is 0 Å². The van der Waals surface area contributed by atoms with Gasteiger partial charge in [-0.05, 0) is 60.3 Å². The third-order valence-electron chi connectivity index (χ3n) is 4.13. The molecule has 1 nitrogen and oxygen atoms in total. The van der Waals surface area contributed by atoms with Gasteiger partial charge in [-0.2, -0.15) is 0 Å². The molecule has 1 N–H and O–H groups in total. The largest absolute Gasteiger partial charge is 0.317 e. The Hall–Kier alpha value is 0.140. The molecule has 1 saturated carbocycles. The molecule has 3 heteroatoms. The first kappa shape index (κ1) is 14.5. The summed E-state index contributed by atoms with van der Waals surface area (Å²) in [5.74, 6) is 1.00. The van der Waals surface area contributed by atoms with Crippen LogP contribution < -0.4 is 5.32 Å². The van der Waals surface area contributed by atoms with Crippen LogP contribution in [0.2, 0.25) is 0 Å². The van der Waals surface area contributed by atoms with E-state index >= 15 is 0 Å². The molecule has 1 aromatic rings. The van der Waals surface area contributed by atoms with Crippen LogP contribution in [0.15, 0.2) is 15.9 Å². The highest BCUT2D eigenvalue weighted by Gasteiger charge is 2.16. The van der Waals surface area contributed by atoms with Gasteiger partial charge < -0.3 is 5.32 Å². The quantitative estimate of drug-likeness (QED) is 0.774. The predicted molar refractivity (Wildman–Crippen MR) is 84.4 cm³/mol. The lowest BCUT2D eigenvalue weighted by atomic mass is 9.85. The van der Waals surface area contributed by atoms with Gasteiger partial charge in [-0.1, -0.05) is 32.1 Å². The Kier molecular flexibility index (Phi) is 6.19. The molecule has 0 spiro atoms. The highest BCUT2D eigenvalue weighted by atomic mass is 79.9. The average Bonchev–Trinajstić information content (AvgIpc) is 2.81. The van der Waals surface area contributed by atoms with E-state index in [0.29, 0.717) is 6.04 Å². The summed E-state index contributed by atoms with van der Waals surface area (Å²) in [6.45, 7) is 0. The topological polar surface area (TPSA) is 12.0 Å². The van der Waals surface area contributed by atoms with Gasteiger partial charge in [0.1, 0.15) is 0 Å². The second-order valence-electron chi connectivity index (χ2n) is 5.48. The maximum Gasteiger partial charge on any atom is 0.0701 e. The van der Waals surface area contributed by atoms with E-state index in [1.807, 2.05) is 11.3 Å². The third kappa shape index (κ3) is 4.67. The number of likely N-dealkylation sites (N-methyl/N-ethyl adjacent to an activating group) is 1. The second-order valence-corrected chi connectivity index (χ2v) is 8.02. The summed E-state index contributed by atoms with van der Waals surface area (Å²) in [7, 11) is 2.11. The van der Waals surface area contributed by atoms with Gasteiger partial charge in [0.15, 0.2) is 0 Å². The molecule has 1 atom stereocenters. The number of nitrogens with one attached hydrogen (secondary N) is 1. The van der Waals surface area contributed by atoms with Crippen LogP contribution in [0.4, 0.5) is 0 Å². The number of halogens is 1. The Morgan fingerprint density at radius 2 is 2.11 bits per heavy atom.